The number of rotatable bonds is 7. The number of aromatic nitrogens is 1. The Kier molecular flexibility index (Phi) is 6.62. The van der Waals surface area contributed by atoms with Crippen LogP contribution in [0.5, 0.6) is 17.2 Å². The van der Waals surface area contributed by atoms with E-state index in [2.05, 4.69) is 14.7 Å². The number of aliphatic imine (C=N–C) groups is 1. The lowest BCUT2D eigenvalue weighted by atomic mass is 9.90. The molecule has 1 N–H and O–H groups in total. The standard InChI is InChI=1S/C30H22F5N3O5/c1-15-12-16(6-11-22(15)41-17-7-9-18(10-8-17)43-30(33,34)35)25-23-20(27(39)38(25)14-29(2,31)32)13-36-24(23)19-4-3-5-21-26(19)42-28(40)37-21/h3-12,25H,13-14H2,1-2H3,(H,37,40). The van der Waals surface area contributed by atoms with Crippen LogP contribution in [-0.4, -0.2) is 46.9 Å². The number of oxazole rings is 1. The molecule has 0 bridgehead atoms. The maximum Gasteiger partial charge on any atom is 0.573 e. The van der Waals surface area contributed by atoms with Crippen LogP contribution in [0.3, 0.4) is 0 Å². The molecule has 3 heterocycles. The van der Waals surface area contributed by atoms with E-state index in [9.17, 15) is 31.5 Å². The summed E-state index contributed by atoms with van der Waals surface area (Å²) in [5, 5.41) is 0. The van der Waals surface area contributed by atoms with Crippen molar-refractivity contribution < 1.29 is 40.6 Å². The smallest absolute Gasteiger partial charge is 0.457 e. The summed E-state index contributed by atoms with van der Waals surface area (Å²) in [6.45, 7) is 1.58. The molecule has 6 rings (SSSR count). The molecular formula is C30H22F5N3O5. The Morgan fingerprint density at radius 1 is 1.02 bits per heavy atom. The van der Waals surface area contributed by atoms with Crippen molar-refractivity contribution in [2.24, 2.45) is 4.99 Å². The highest BCUT2D eigenvalue weighted by Crippen LogP contribution is 2.45. The second-order valence-corrected chi connectivity index (χ2v) is 10.3. The summed E-state index contributed by atoms with van der Waals surface area (Å²) in [7, 11) is 0. The van der Waals surface area contributed by atoms with Crippen molar-refractivity contribution in [3.8, 4) is 17.2 Å². The van der Waals surface area contributed by atoms with E-state index in [1.54, 1.807) is 43.3 Å². The normalized spacial score (nSPS) is 17.1. The van der Waals surface area contributed by atoms with Crippen LogP contribution in [0.15, 0.2) is 86.0 Å². The molecule has 1 unspecified atom stereocenters. The minimum atomic E-state index is -4.83. The molecule has 2 aliphatic rings. The van der Waals surface area contributed by atoms with Gasteiger partial charge in [-0.05, 0) is 66.6 Å². The molecule has 0 radical (unpaired) electrons. The summed E-state index contributed by atoms with van der Waals surface area (Å²) in [4.78, 5) is 33.6. The minimum Gasteiger partial charge on any atom is -0.457 e. The van der Waals surface area contributed by atoms with E-state index in [4.69, 9.17) is 9.15 Å². The second kappa shape index (κ2) is 10.1. The van der Waals surface area contributed by atoms with Gasteiger partial charge in [0.15, 0.2) is 5.58 Å². The van der Waals surface area contributed by atoms with Crippen molar-refractivity contribution in [1.29, 1.82) is 0 Å². The molecule has 1 amide bonds. The summed E-state index contributed by atoms with van der Waals surface area (Å²) >= 11 is 0. The Bertz CT molecular complexity index is 1870. The fraction of sp³-hybridized carbons (Fsp3) is 0.233. The Hall–Kier alpha value is -4.94. The maximum absolute atomic E-state index is 14.4. The number of aromatic amines is 1. The van der Waals surface area contributed by atoms with Gasteiger partial charge in [0, 0.05) is 23.6 Å². The molecule has 4 aromatic rings. The number of H-pyrrole nitrogens is 1. The number of fused-ring (bicyclic) bond motifs is 1. The summed E-state index contributed by atoms with van der Waals surface area (Å²) in [5.74, 6) is -4.24. The molecule has 8 nitrogen and oxygen atoms in total. The van der Waals surface area contributed by atoms with Crippen molar-refractivity contribution in [3.63, 3.8) is 0 Å². The number of carbonyl (C=O) groups is 1. The van der Waals surface area contributed by atoms with Gasteiger partial charge < -0.3 is 18.8 Å². The van der Waals surface area contributed by atoms with Gasteiger partial charge in [-0.25, -0.2) is 13.6 Å². The SMILES string of the molecule is Cc1cc(C2C3=C(CN=C3c3cccc4[nH]c(=O)oc34)C(=O)N2CC(C)(F)F)ccc1Oc1ccc(OC(F)(F)F)cc1. The van der Waals surface area contributed by atoms with Gasteiger partial charge in [0.25, 0.3) is 11.8 Å². The van der Waals surface area contributed by atoms with E-state index in [-0.39, 0.29) is 23.5 Å². The fourth-order valence-corrected chi connectivity index (χ4v) is 5.39. The average molecular weight is 600 g/mol. The quantitative estimate of drug-likeness (QED) is 0.246. The number of hydrogen-bond acceptors (Lipinski definition) is 6. The Labute approximate surface area is 240 Å². The highest BCUT2D eigenvalue weighted by Gasteiger charge is 2.47. The number of nitrogens with one attached hydrogen (secondary N) is 1. The van der Waals surface area contributed by atoms with E-state index in [1.165, 1.54) is 12.1 Å². The zero-order valence-electron chi connectivity index (χ0n) is 22.6. The van der Waals surface area contributed by atoms with Crippen molar-refractivity contribution in [3.05, 3.63) is 99.1 Å². The van der Waals surface area contributed by atoms with Gasteiger partial charge in [-0.15, -0.1) is 13.2 Å². The molecule has 0 saturated heterocycles. The van der Waals surface area contributed by atoms with Crippen molar-refractivity contribution in [2.45, 2.75) is 32.2 Å². The topological polar surface area (TPSA) is 97.1 Å². The van der Waals surface area contributed by atoms with Crippen LogP contribution in [0.1, 0.15) is 29.7 Å². The van der Waals surface area contributed by atoms with Crippen LogP contribution in [0.4, 0.5) is 22.0 Å². The molecular weight excluding hydrogens is 577 g/mol. The molecule has 0 saturated carbocycles. The largest absolute Gasteiger partial charge is 0.573 e. The van der Waals surface area contributed by atoms with Crippen LogP contribution < -0.4 is 15.2 Å². The number of para-hydroxylation sites is 1. The lowest BCUT2D eigenvalue weighted by Gasteiger charge is -2.31. The maximum atomic E-state index is 14.4. The number of carbonyl (C=O) groups excluding carboxylic acids is 1. The Morgan fingerprint density at radius 2 is 1.74 bits per heavy atom. The highest BCUT2D eigenvalue weighted by molar-refractivity contribution is 6.25. The van der Waals surface area contributed by atoms with Crippen molar-refractivity contribution in [2.75, 3.05) is 13.1 Å². The van der Waals surface area contributed by atoms with E-state index in [0.29, 0.717) is 39.2 Å². The molecule has 1 atom stereocenters. The summed E-state index contributed by atoms with van der Waals surface area (Å²) < 4.78 is 81.2. The first kappa shape index (κ1) is 28.2. The number of amides is 1. The lowest BCUT2D eigenvalue weighted by Crippen LogP contribution is -2.40. The molecule has 222 valence electrons. The Morgan fingerprint density at radius 3 is 2.42 bits per heavy atom. The van der Waals surface area contributed by atoms with Gasteiger partial charge in [-0.3, -0.25) is 14.8 Å². The molecule has 43 heavy (non-hydrogen) atoms. The first-order chi connectivity index (χ1) is 20.3. The molecule has 1 aromatic heterocycles. The molecule has 3 aromatic carbocycles. The van der Waals surface area contributed by atoms with E-state index < -0.39 is 42.3 Å². The summed E-state index contributed by atoms with van der Waals surface area (Å²) in [5.41, 5.74) is 3.27. The van der Waals surface area contributed by atoms with E-state index >= 15 is 0 Å². The third-order valence-electron chi connectivity index (χ3n) is 7.03. The average Bonchev–Trinajstić information content (AvgIpc) is 3.58. The monoisotopic (exact) mass is 599 g/mol. The number of benzene rings is 3. The fourth-order valence-electron chi connectivity index (χ4n) is 5.39. The van der Waals surface area contributed by atoms with E-state index in [1.807, 2.05) is 0 Å². The zero-order chi connectivity index (χ0) is 30.7. The van der Waals surface area contributed by atoms with Crippen LogP contribution >= 0.6 is 0 Å². The third-order valence-corrected chi connectivity index (χ3v) is 7.03. The number of halogens is 5. The summed E-state index contributed by atoms with van der Waals surface area (Å²) in [6, 6.07) is 13.9. The van der Waals surface area contributed by atoms with Gasteiger partial charge in [0.1, 0.15) is 17.2 Å². The minimum absolute atomic E-state index is 0.0228. The number of ether oxygens (including phenoxy) is 2. The third kappa shape index (κ3) is 5.49. The zero-order valence-corrected chi connectivity index (χ0v) is 22.6. The molecule has 0 spiro atoms. The van der Waals surface area contributed by atoms with E-state index in [0.717, 1.165) is 24.0 Å². The number of hydrogen-bond donors (Lipinski definition) is 1. The van der Waals surface area contributed by atoms with Crippen LogP contribution in [-0.2, 0) is 4.79 Å². The molecule has 2 aliphatic heterocycles. The van der Waals surface area contributed by atoms with Crippen LogP contribution in [0.2, 0.25) is 0 Å². The molecule has 0 fully saturated rings. The Balaban J connectivity index is 1.36. The van der Waals surface area contributed by atoms with Crippen LogP contribution in [0, 0.1) is 6.92 Å². The first-order valence-corrected chi connectivity index (χ1v) is 13.0. The van der Waals surface area contributed by atoms with Gasteiger partial charge in [0.05, 0.1) is 30.4 Å². The number of nitrogens with zero attached hydrogens (tertiary/aromatic N) is 2. The first-order valence-electron chi connectivity index (χ1n) is 13.0. The van der Waals surface area contributed by atoms with Gasteiger partial charge in [-0.1, -0.05) is 12.1 Å². The second-order valence-electron chi connectivity index (χ2n) is 10.3. The molecule has 0 aliphatic carbocycles. The van der Waals surface area contributed by atoms with Crippen molar-refractivity contribution in [1.82, 2.24) is 9.88 Å². The van der Waals surface area contributed by atoms with Crippen LogP contribution in [0.25, 0.3) is 11.1 Å². The summed E-state index contributed by atoms with van der Waals surface area (Å²) in [6.07, 6.45) is -4.83. The lowest BCUT2D eigenvalue weighted by molar-refractivity contribution is -0.274. The molecule has 13 heteroatoms. The van der Waals surface area contributed by atoms with Gasteiger partial charge >= 0.3 is 12.1 Å². The predicted molar refractivity (Wildman–Crippen MR) is 145 cm³/mol. The van der Waals surface area contributed by atoms with Gasteiger partial charge in [0.2, 0.25) is 0 Å². The highest BCUT2D eigenvalue weighted by atomic mass is 19.4. The predicted octanol–water partition coefficient (Wildman–Crippen LogP) is 6.46. The van der Waals surface area contributed by atoms with Crippen molar-refractivity contribution >= 4 is 22.7 Å². The number of aryl methyl sites for hydroxylation is 1. The number of alkyl halides is 5. The van der Waals surface area contributed by atoms with Gasteiger partial charge in [-0.2, -0.15) is 0 Å².